The van der Waals surface area contributed by atoms with Gasteiger partial charge in [-0.15, -0.1) is 0 Å². The Morgan fingerprint density at radius 3 is 1.73 bits per heavy atom. The highest BCUT2D eigenvalue weighted by atomic mass is 16.6. The lowest BCUT2D eigenvalue weighted by Gasteiger charge is -2.30. The second-order valence-electron chi connectivity index (χ2n) is 10.1. The van der Waals surface area contributed by atoms with Gasteiger partial charge in [0.2, 0.25) is 0 Å². The van der Waals surface area contributed by atoms with Crippen LogP contribution >= 0.6 is 0 Å². The highest BCUT2D eigenvalue weighted by Crippen LogP contribution is 2.38. The van der Waals surface area contributed by atoms with E-state index in [0.717, 1.165) is 16.7 Å². The zero-order valence-electron chi connectivity index (χ0n) is 22.5. The van der Waals surface area contributed by atoms with Crippen molar-refractivity contribution in [2.45, 2.75) is 44.4 Å². The fourth-order valence-corrected chi connectivity index (χ4v) is 5.29. The number of carbonyl (C=O) groups is 2. The number of hydrogen-bond acceptors (Lipinski definition) is 6. The number of anilines is 1. The Bertz CT molecular complexity index is 1460. The number of hydrogen-bond donors (Lipinski definition) is 0. The Morgan fingerprint density at radius 1 is 0.610 bits per heavy atom. The molecule has 1 fully saturated rings. The molecule has 0 spiro atoms. The smallest absolute Gasteiger partial charge is 0.301 e. The summed E-state index contributed by atoms with van der Waals surface area (Å²) in [6, 6.07) is 36.5. The Labute approximate surface area is 239 Å². The minimum absolute atomic E-state index is 0.216. The zero-order chi connectivity index (χ0) is 28.0. The summed E-state index contributed by atoms with van der Waals surface area (Å²) >= 11 is 0. The minimum atomic E-state index is -0.884. The summed E-state index contributed by atoms with van der Waals surface area (Å²) < 4.78 is 25.6. The number of amides is 1. The molecule has 2 aliphatic rings. The quantitative estimate of drug-likeness (QED) is 0.236. The molecular formula is C34H31NO6. The molecule has 0 bridgehead atoms. The number of fused-ring (bicyclic) bond motifs is 1. The normalized spacial score (nSPS) is 21.8. The molecule has 4 atom stereocenters. The Morgan fingerprint density at radius 2 is 1.12 bits per heavy atom. The summed E-state index contributed by atoms with van der Waals surface area (Å²) in [5.74, 6) is -1.20. The third-order valence-electron chi connectivity index (χ3n) is 7.33. The molecule has 208 valence electrons. The van der Waals surface area contributed by atoms with Crippen LogP contribution in [0.4, 0.5) is 5.69 Å². The van der Waals surface area contributed by atoms with Crippen LogP contribution in [0.2, 0.25) is 0 Å². The third kappa shape index (κ3) is 5.99. The molecule has 7 nitrogen and oxygen atoms in total. The van der Waals surface area contributed by atoms with Crippen molar-refractivity contribution in [3.05, 3.63) is 138 Å². The number of ether oxygens (including phenoxy) is 4. The number of nitrogens with zero attached hydrogens (tertiary/aromatic N) is 1. The molecule has 2 aliphatic heterocycles. The molecule has 0 N–H and O–H groups in total. The van der Waals surface area contributed by atoms with Crippen molar-refractivity contribution in [3.63, 3.8) is 0 Å². The number of para-hydroxylation sites is 1. The van der Waals surface area contributed by atoms with Crippen molar-refractivity contribution in [1.82, 2.24) is 0 Å². The summed E-state index contributed by atoms with van der Waals surface area (Å²) in [7, 11) is 0. The Balaban J connectivity index is 1.30. The van der Waals surface area contributed by atoms with Crippen molar-refractivity contribution in [3.8, 4) is 0 Å². The lowest BCUT2D eigenvalue weighted by atomic mass is 10.1. The molecule has 41 heavy (non-hydrogen) atoms. The molecule has 0 unspecified atom stereocenters. The van der Waals surface area contributed by atoms with E-state index in [1.165, 1.54) is 4.90 Å². The van der Waals surface area contributed by atoms with Gasteiger partial charge in [0.05, 0.1) is 37.7 Å². The van der Waals surface area contributed by atoms with Gasteiger partial charge in [0.15, 0.2) is 6.23 Å². The third-order valence-corrected chi connectivity index (χ3v) is 7.33. The van der Waals surface area contributed by atoms with Crippen molar-refractivity contribution in [1.29, 1.82) is 0 Å². The van der Waals surface area contributed by atoms with E-state index in [2.05, 4.69) is 0 Å². The van der Waals surface area contributed by atoms with Crippen molar-refractivity contribution in [2.75, 3.05) is 11.5 Å². The molecule has 0 aliphatic carbocycles. The molecule has 0 aromatic heterocycles. The summed E-state index contributed by atoms with van der Waals surface area (Å²) in [5.41, 5.74) is 3.87. The molecule has 2 heterocycles. The van der Waals surface area contributed by atoms with Crippen molar-refractivity contribution >= 4 is 17.4 Å². The molecule has 4 aromatic carbocycles. The van der Waals surface area contributed by atoms with E-state index in [4.69, 9.17) is 18.9 Å². The summed E-state index contributed by atoms with van der Waals surface area (Å²) in [5, 5.41) is 0. The maximum absolute atomic E-state index is 13.3. The molecule has 1 amide bonds. The second-order valence-corrected chi connectivity index (χ2v) is 10.1. The van der Waals surface area contributed by atoms with Crippen LogP contribution in [0.5, 0.6) is 0 Å². The van der Waals surface area contributed by atoms with E-state index in [1.807, 2.05) is 91.0 Å². The van der Waals surface area contributed by atoms with E-state index >= 15 is 0 Å². The number of benzene rings is 4. The number of Topliss-reactive ketones (excluding diaryl/α,β-unsaturated/α-hetero) is 1. The van der Waals surface area contributed by atoms with Crippen LogP contribution in [0.25, 0.3) is 0 Å². The van der Waals surface area contributed by atoms with Crippen LogP contribution in [-0.2, 0) is 43.6 Å². The van der Waals surface area contributed by atoms with Gasteiger partial charge in [0.1, 0.15) is 18.3 Å². The van der Waals surface area contributed by atoms with E-state index in [-0.39, 0.29) is 13.2 Å². The van der Waals surface area contributed by atoms with E-state index in [1.54, 1.807) is 24.3 Å². The molecule has 4 aromatic rings. The topological polar surface area (TPSA) is 74.3 Å². The lowest BCUT2D eigenvalue weighted by Crippen LogP contribution is -2.48. The van der Waals surface area contributed by atoms with Crippen LogP contribution in [0.15, 0.2) is 115 Å². The van der Waals surface area contributed by atoms with Gasteiger partial charge in [-0.2, -0.15) is 0 Å². The van der Waals surface area contributed by atoms with E-state index in [9.17, 15) is 9.59 Å². The van der Waals surface area contributed by atoms with Crippen LogP contribution < -0.4 is 4.90 Å². The van der Waals surface area contributed by atoms with Gasteiger partial charge in [-0.3, -0.25) is 14.5 Å². The molecule has 7 heteroatoms. The Kier molecular flexibility index (Phi) is 8.30. The minimum Gasteiger partial charge on any atom is -0.374 e. The highest BCUT2D eigenvalue weighted by Gasteiger charge is 2.53. The SMILES string of the molecule is O=C1C(=O)N([C@@H]2O[C@H](COCc3ccccc3)[C@@H](OCc3ccccc3)[C@H]2OCc2ccccc2)c2ccccc21. The average molecular weight is 550 g/mol. The maximum atomic E-state index is 13.3. The summed E-state index contributed by atoms with van der Waals surface area (Å²) in [4.78, 5) is 27.7. The van der Waals surface area contributed by atoms with E-state index in [0.29, 0.717) is 24.5 Å². The number of carbonyl (C=O) groups excluding carboxylic acids is 2. The predicted molar refractivity (Wildman–Crippen MR) is 153 cm³/mol. The lowest BCUT2D eigenvalue weighted by molar-refractivity contribution is -0.119. The van der Waals surface area contributed by atoms with Gasteiger partial charge in [-0.05, 0) is 28.8 Å². The number of rotatable bonds is 11. The van der Waals surface area contributed by atoms with Gasteiger partial charge < -0.3 is 18.9 Å². The summed E-state index contributed by atoms with van der Waals surface area (Å²) in [6.07, 6.45) is -2.70. The monoisotopic (exact) mass is 549 g/mol. The van der Waals surface area contributed by atoms with Crippen LogP contribution in [0.1, 0.15) is 27.0 Å². The fourth-order valence-electron chi connectivity index (χ4n) is 5.29. The van der Waals surface area contributed by atoms with Gasteiger partial charge >= 0.3 is 5.91 Å². The molecule has 0 saturated carbocycles. The van der Waals surface area contributed by atoms with Crippen LogP contribution in [0, 0.1) is 0 Å². The predicted octanol–water partition coefficient (Wildman–Crippen LogP) is 5.33. The number of ketones is 1. The average Bonchev–Trinajstić information content (AvgIpc) is 3.49. The van der Waals surface area contributed by atoms with Crippen molar-refractivity contribution < 1.29 is 28.5 Å². The van der Waals surface area contributed by atoms with Gasteiger partial charge in [-0.25, -0.2) is 0 Å². The molecular weight excluding hydrogens is 518 g/mol. The van der Waals surface area contributed by atoms with E-state index < -0.39 is 36.2 Å². The van der Waals surface area contributed by atoms with Gasteiger partial charge in [0.25, 0.3) is 5.78 Å². The first kappa shape index (κ1) is 27.1. The largest absolute Gasteiger partial charge is 0.374 e. The zero-order valence-corrected chi connectivity index (χ0v) is 22.5. The summed E-state index contributed by atoms with van der Waals surface area (Å²) in [6.45, 7) is 1.22. The van der Waals surface area contributed by atoms with Crippen molar-refractivity contribution in [2.24, 2.45) is 0 Å². The van der Waals surface area contributed by atoms with Gasteiger partial charge in [0, 0.05) is 0 Å². The standard InChI is InChI=1S/C34H31NO6/c36-30-27-18-10-11-19-28(27)35(33(30)37)34-32(40-22-26-16-8-3-9-17-26)31(39-21-25-14-6-2-7-15-25)29(41-34)23-38-20-24-12-4-1-5-13-24/h1-19,29,31-32,34H,20-23H2/t29-,31-,32-,34-/m1/s1. The van der Waals surface area contributed by atoms with Gasteiger partial charge in [-0.1, -0.05) is 103 Å². The fraction of sp³-hybridized carbons (Fsp3) is 0.235. The highest BCUT2D eigenvalue weighted by molar-refractivity contribution is 6.52. The first-order chi connectivity index (χ1) is 20.2. The maximum Gasteiger partial charge on any atom is 0.301 e. The molecule has 6 rings (SSSR count). The molecule has 0 radical (unpaired) electrons. The first-order valence-corrected chi connectivity index (χ1v) is 13.7. The second kappa shape index (κ2) is 12.6. The van der Waals surface area contributed by atoms with Crippen LogP contribution in [-0.4, -0.2) is 42.8 Å². The molecule has 1 saturated heterocycles. The first-order valence-electron chi connectivity index (χ1n) is 13.7. The Hall–Kier alpha value is -4.14. The van der Waals surface area contributed by atoms with Crippen LogP contribution in [0.3, 0.4) is 0 Å².